The van der Waals surface area contributed by atoms with Crippen LogP contribution in [0.4, 0.5) is 13.2 Å². The number of H-pyrrole nitrogens is 1. The summed E-state index contributed by atoms with van der Waals surface area (Å²) >= 11 is 0. The lowest BCUT2D eigenvalue weighted by atomic mass is 9.92. The van der Waals surface area contributed by atoms with Crippen molar-refractivity contribution in [2.75, 3.05) is 26.2 Å². The molecule has 3 heterocycles. The molecule has 2 fully saturated rings. The van der Waals surface area contributed by atoms with Crippen LogP contribution in [0.2, 0.25) is 0 Å². The van der Waals surface area contributed by atoms with Crippen molar-refractivity contribution in [3.63, 3.8) is 0 Å². The predicted molar refractivity (Wildman–Crippen MR) is 125 cm³/mol. The van der Waals surface area contributed by atoms with Crippen LogP contribution in [0.1, 0.15) is 28.8 Å². The number of aromatic amines is 1. The number of carbonyl (C=O) groups excluding carboxylic acids is 2. The van der Waals surface area contributed by atoms with E-state index in [9.17, 15) is 22.8 Å². The second kappa shape index (κ2) is 9.63. The molecule has 36 heavy (non-hydrogen) atoms. The van der Waals surface area contributed by atoms with E-state index in [-0.39, 0.29) is 17.6 Å². The highest BCUT2D eigenvalue weighted by molar-refractivity contribution is 5.97. The van der Waals surface area contributed by atoms with Gasteiger partial charge < -0.3 is 14.5 Å². The van der Waals surface area contributed by atoms with Gasteiger partial charge in [-0.25, -0.2) is 0 Å². The van der Waals surface area contributed by atoms with Crippen molar-refractivity contribution in [3.05, 3.63) is 59.7 Å². The van der Waals surface area contributed by atoms with Gasteiger partial charge in [0, 0.05) is 37.8 Å². The van der Waals surface area contributed by atoms with E-state index in [4.69, 9.17) is 0 Å². The third-order valence-electron chi connectivity index (χ3n) is 6.81. The van der Waals surface area contributed by atoms with Crippen LogP contribution in [0.3, 0.4) is 0 Å². The summed E-state index contributed by atoms with van der Waals surface area (Å²) in [5.41, 5.74) is 2.55. The Morgan fingerprint density at radius 3 is 2.28 bits per heavy atom. The van der Waals surface area contributed by atoms with Crippen LogP contribution in [-0.4, -0.2) is 69.6 Å². The zero-order chi connectivity index (χ0) is 25.3. The van der Waals surface area contributed by atoms with Crippen molar-refractivity contribution < 1.29 is 27.5 Å². The van der Waals surface area contributed by atoms with Gasteiger partial charge in [0.15, 0.2) is 0 Å². The topological polar surface area (TPSA) is 91.4 Å². The predicted octanol–water partition coefficient (Wildman–Crippen LogP) is 3.88. The minimum Gasteiger partial charge on any atom is -0.406 e. The number of ether oxygens (including phenoxy) is 1. The summed E-state index contributed by atoms with van der Waals surface area (Å²) in [4.78, 5) is 29.5. The molecule has 1 aromatic heterocycles. The van der Waals surface area contributed by atoms with Crippen LogP contribution in [0.5, 0.6) is 5.75 Å². The molecule has 8 nitrogen and oxygen atoms in total. The molecule has 11 heteroatoms. The Balaban J connectivity index is 1.15. The zero-order valence-electron chi connectivity index (χ0n) is 19.2. The molecule has 2 saturated heterocycles. The lowest BCUT2D eigenvalue weighted by Crippen LogP contribution is -2.33. The maximum Gasteiger partial charge on any atom is 0.573 e. The minimum absolute atomic E-state index is 0.0256. The molecule has 2 atom stereocenters. The van der Waals surface area contributed by atoms with Gasteiger partial charge in [0.05, 0.1) is 0 Å². The number of fused-ring (bicyclic) bond motifs is 2. The van der Waals surface area contributed by atoms with E-state index in [0.717, 1.165) is 12.8 Å². The van der Waals surface area contributed by atoms with Crippen molar-refractivity contribution in [2.45, 2.75) is 19.2 Å². The van der Waals surface area contributed by atoms with Gasteiger partial charge in [-0.05, 0) is 66.6 Å². The van der Waals surface area contributed by atoms with Crippen LogP contribution >= 0.6 is 0 Å². The Morgan fingerprint density at radius 2 is 1.61 bits per heavy atom. The first-order chi connectivity index (χ1) is 17.2. The summed E-state index contributed by atoms with van der Waals surface area (Å²) in [7, 11) is 0. The van der Waals surface area contributed by atoms with Gasteiger partial charge >= 0.3 is 6.36 Å². The third-order valence-corrected chi connectivity index (χ3v) is 6.81. The molecule has 2 aliphatic heterocycles. The number of hydrogen-bond donors (Lipinski definition) is 1. The smallest absolute Gasteiger partial charge is 0.406 e. The zero-order valence-corrected chi connectivity index (χ0v) is 19.2. The van der Waals surface area contributed by atoms with E-state index in [2.05, 4.69) is 20.1 Å². The highest BCUT2D eigenvalue weighted by Gasteiger charge is 2.37. The van der Waals surface area contributed by atoms with Crippen LogP contribution in [0.15, 0.2) is 48.5 Å². The molecule has 0 radical (unpaired) electrons. The van der Waals surface area contributed by atoms with E-state index in [0.29, 0.717) is 60.2 Å². The molecule has 2 aromatic carbocycles. The first kappa shape index (κ1) is 23.8. The molecule has 188 valence electrons. The van der Waals surface area contributed by atoms with Gasteiger partial charge in [0.1, 0.15) is 16.8 Å². The monoisotopic (exact) mass is 499 g/mol. The van der Waals surface area contributed by atoms with Gasteiger partial charge in [-0.3, -0.25) is 9.59 Å². The summed E-state index contributed by atoms with van der Waals surface area (Å²) in [6.07, 6.45) is -0.0800. The molecular formula is C25H24F3N5O3. The summed E-state index contributed by atoms with van der Waals surface area (Å²) in [5.74, 6) is 0.167. The highest BCUT2D eigenvalue weighted by Crippen LogP contribution is 2.32. The molecule has 0 saturated carbocycles. The lowest BCUT2D eigenvalue weighted by molar-refractivity contribution is -0.274. The number of alkyl halides is 3. The molecule has 0 unspecified atom stereocenters. The van der Waals surface area contributed by atoms with Gasteiger partial charge in [0.25, 0.3) is 5.91 Å². The Kier molecular flexibility index (Phi) is 6.38. The summed E-state index contributed by atoms with van der Waals surface area (Å²) in [5, 5.41) is 10.6. The second-order valence-corrected chi connectivity index (χ2v) is 9.11. The van der Waals surface area contributed by atoms with E-state index in [1.807, 2.05) is 9.80 Å². The normalized spacial score (nSPS) is 20.5. The first-order valence-electron chi connectivity index (χ1n) is 11.7. The minimum atomic E-state index is -4.74. The number of hydrogen-bond acceptors (Lipinski definition) is 5. The molecular weight excluding hydrogens is 475 g/mol. The second-order valence-electron chi connectivity index (χ2n) is 9.11. The molecule has 0 bridgehead atoms. The SMILES string of the molecule is O=C(/C=C/c1ccc(OC(F)(F)F)cc1)N1C[C@H]2CCN(C(=O)c3ccc4n[nH]nc4c3)CC[C@H]2C1. The largest absolute Gasteiger partial charge is 0.573 e. The number of carbonyl (C=O) groups is 2. The number of halogens is 3. The maximum atomic E-state index is 13.0. The fourth-order valence-corrected chi connectivity index (χ4v) is 4.94. The Bertz CT molecular complexity index is 1270. The summed E-state index contributed by atoms with van der Waals surface area (Å²) in [6, 6.07) is 10.6. The molecule has 2 aliphatic rings. The van der Waals surface area contributed by atoms with Crippen molar-refractivity contribution in [1.82, 2.24) is 25.2 Å². The number of likely N-dealkylation sites (tertiary alicyclic amines) is 2. The van der Waals surface area contributed by atoms with Crippen molar-refractivity contribution in [1.29, 1.82) is 0 Å². The van der Waals surface area contributed by atoms with Crippen LogP contribution in [0.25, 0.3) is 17.1 Å². The Hall–Kier alpha value is -3.89. The van der Waals surface area contributed by atoms with Crippen LogP contribution < -0.4 is 4.74 Å². The molecule has 2 amide bonds. The average molecular weight is 499 g/mol. The summed E-state index contributed by atoms with van der Waals surface area (Å²) < 4.78 is 40.7. The van der Waals surface area contributed by atoms with Crippen LogP contribution in [0, 0.1) is 11.8 Å². The fourth-order valence-electron chi connectivity index (χ4n) is 4.94. The third kappa shape index (κ3) is 5.34. The van der Waals surface area contributed by atoms with Crippen molar-refractivity contribution in [2.24, 2.45) is 11.8 Å². The van der Waals surface area contributed by atoms with E-state index in [1.54, 1.807) is 24.3 Å². The van der Waals surface area contributed by atoms with E-state index < -0.39 is 6.36 Å². The number of nitrogens with one attached hydrogen (secondary N) is 1. The van der Waals surface area contributed by atoms with E-state index >= 15 is 0 Å². The lowest BCUT2D eigenvalue weighted by Gasteiger charge is -2.22. The molecule has 1 N–H and O–H groups in total. The van der Waals surface area contributed by atoms with Gasteiger partial charge in [-0.2, -0.15) is 15.4 Å². The standard InChI is InChI=1S/C25H24F3N5O3/c26-25(27,28)36-20-5-1-16(2-6-20)3-8-23(34)33-14-18-9-11-32(12-10-19(18)15-33)24(35)17-4-7-21-22(13-17)30-31-29-21/h1-8,13,18-19H,9-12,14-15H2,(H,29,30,31)/b8-3+/t18-,19+. The van der Waals surface area contributed by atoms with E-state index in [1.165, 1.54) is 30.3 Å². The number of benzene rings is 2. The van der Waals surface area contributed by atoms with Crippen molar-refractivity contribution in [3.8, 4) is 5.75 Å². The van der Waals surface area contributed by atoms with Crippen LogP contribution in [-0.2, 0) is 4.79 Å². The molecule has 3 aromatic rings. The van der Waals surface area contributed by atoms with Gasteiger partial charge in [-0.1, -0.05) is 12.1 Å². The number of amides is 2. The summed E-state index contributed by atoms with van der Waals surface area (Å²) in [6.45, 7) is 2.50. The van der Waals surface area contributed by atoms with Gasteiger partial charge in [0.2, 0.25) is 5.91 Å². The number of nitrogens with zero attached hydrogens (tertiary/aromatic N) is 4. The average Bonchev–Trinajstić information content (AvgIpc) is 3.44. The number of aromatic nitrogens is 3. The highest BCUT2D eigenvalue weighted by atomic mass is 19.4. The maximum absolute atomic E-state index is 13.0. The quantitative estimate of drug-likeness (QED) is 0.551. The fraction of sp³-hybridized carbons (Fsp3) is 0.360. The Labute approximate surface area is 204 Å². The molecule has 0 aliphatic carbocycles. The molecule has 0 spiro atoms. The van der Waals surface area contributed by atoms with Gasteiger partial charge in [-0.15, -0.1) is 13.2 Å². The number of rotatable bonds is 4. The van der Waals surface area contributed by atoms with Crippen molar-refractivity contribution >= 4 is 28.9 Å². The Morgan fingerprint density at radius 1 is 0.944 bits per heavy atom. The molecule has 5 rings (SSSR count). The first-order valence-corrected chi connectivity index (χ1v) is 11.7.